The molecule has 194 valence electrons. The van der Waals surface area contributed by atoms with Crippen molar-refractivity contribution in [1.82, 2.24) is 15.3 Å². The van der Waals surface area contributed by atoms with Crippen LogP contribution in [0.1, 0.15) is 44.7 Å². The molecule has 1 aromatic carbocycles. The number of ether oxygens (including phenoxy) is 1. The lowest BCUT2D eigenvalue weighted by Gasteiger charge is -2.34. The molecule has 10 nitrogen and oxygen atoms in total. The molecule has 0 radical (unpaired) electrons. The largest absolute Gasteiger partial charge is 0.396 e. The highest BCUT2D eigenvalue weighted by Gasteiger charge is 2.56. The summed E-state index contributed by atoms with van der Waals surface area (Å²) in [6.45, 7) is 3.68. The zero-order chi connectivity index (χ0) is 25.3. The number of aromatic nitrogens is 2. The first-order valence-electron chi connectivity index (χ1n) is 12.6. The summed E-state index contributed by atoms with van der Waals surface area (Å²) < 4.78 is 31.1. The summed E-state index contributed by atoms with van der Waals surface area (Å²) in [4.78, 5) is 23.8. The number of urea groups is 1. The van der Waals surface area contributed by atoms with Crippen LogP contribution < -0.4 is 15.5 Å². The highest BCUT2D eigenvalue weighted by molar-refractivity contribution is 7.92. The molecule has 0 spiro atoms. The zero-order valence-corrected chi connectivity index (χ0v) is 21.3. The number of rotatable bonds is 9. The van der Waals surface area contributed by atoms with Crippen LogP contribution in [-0.4, -0.2) is 73.7 Å². The van der Waals surface area contributed by atoms with Gasteiger partial charge in [0.1, 0.15) is 10.6 Å². The number of hydrogen-bond acceptors (Lipinski definition) is 8. The Hall–Kier alpha value is -2.76. The minimum atomic E-state index is -3.50. The predicted octanol–water partition coefficient (Wildman–Crippen LogP) is 2.44. The molecule has 2 heterocycles. The molecule has 5 rings (SSSR count). The maximum Gasteiger partial charge on any atom is 0.319 e. The van der Waals surface area contributed by atoms with Gasteiger partial charge in [0.2, 0.25) is 0 Å². The first-order valence-corrected chi connectivity index (χ1v) is 14.2. The molecule has 2 aromatic rings. The van der Waals surface area contributed by atoms with Crippen LogP contribution in [0.4, 0.5) is 16.3 Å². The molecular weight excluding hydrogens is 482 g/mol. The summed E-state index contributed by atoms with van der Waals surface area (Å²) in [5.41, 5.74) is 1.89. The molecule has 36 heavy (non-hydrogen) atoms. The van der Waals surface area contributed by atoms with Gasteiger partial charge in [-0.3, -0.25) is 0 Å². The number of hydrogen-bond donors (Lipinski definition) is 3. The van der Waals surface area contributed by atoms with Gasteiger partial charge < -0.3 is 25.4 Å². The van der Waals surface area contributed by atoms with Gasteiger partial charge in [-0.2, -0.15) is 0 Å². The van der Waals surface area contributed by atoms with Crippen LogP contribution in [0.3, 0.4) is 0 Å². The van der Waals surface area contributed by atoms with E-state index in [1.807, 2.05) is 18.2 Å². The number of anilines is 2. The molecule has 0 bridgehead atoms. The van der Waals surface area contributed by atoms with Crippen molar-refractivity contribution in [2.75, 3.05) is 42.3 Å². The topological polar surface area (TPSA) is 134 Å². The van der Waals surface area contributed by atoms with E-state index >= 15 is 0 Å². The number of sulfone groups is 1. The molecule has 2 amide bonds. The van der Waals surface area contributed by atoms with Gasteiger partial charge >= 0.3 is 6.03 Å². The molecule has 3 N–H and O–H groups in total. The summed E-state index contributed by atoms with van der Waals surface area (Å²) in [5.74, 6) is 1.05. The minimum absolute atomic E-state index is 0.0740. The van der Waals surface area contributed by atoms with Gasteiger partial charge in [-0.15, -0.1) is 0 Å². The maximum atomic E-state index is 13.3. The monoisotopic (exact) mass is 515 g/mol. The van der Waals surface area contributed by atoms with Crippen LogP contribution in [-0.2, 0) is 19.3 Å². The molecule has 1 atom stereocenters. The third-order valence-corrected chi connectivity index (χ3v) is 9.66. The summed E-state index contributed by atoms with van der Waals surface area (Å²) in [6, 6.07) is 9.19. The number of nitrogens with zero attached hydrogens (tertiary/aromatic N) is 3. The molecule has 1 aliphatic heterocycles. The first kappa shape index (κ1) is 24.9. The van der Waals surface area contributed by atoms with Crippen LogP contribution in [0.2, 0.25) is 0 Å². The van der Waals surface area contributed by atoms with Crippen LogP contribution in [0.5, 0.6) is 0 Å². The van der Waals surface area contributed by atoms with Crippen molar-refractivity contribution in [2.45, 2.75) is 55.9 Å². The van der Waals surface area contributed by atoms with Crippen molar-refractivity contribution >= 4 is 27.4 Å². The highest BCUT2D eigenvalue weighted by Crippen LogP contribution is 2.53. The maximum absolute atomic E-state index is 13.3. The van der Waals surface area contributed by atoms with Gasteiger partial charge in [-0.1, -0.05) is 0 Å². The fraction of sp³-hybridized carbons (Fsp3) is 0.560. The van der Waals surface area contributed by atoms with Gasteiger partial charge in [0.25, 0.3) is 0 Å². The van der Waals surface area contributed by atoms with Crippen molar-refractivity contribution < 1.29 is 23.1 Å². The molecule has 2 saturated carbocycles. The average molecular weight is 516 g/mol. The van der Waals surface area contributed by atoms with E-state index < -0.39 is 14.6 Å². The molecule has 0 unspecified atom stereocenters. The van der Waals surface area contributed by atoms with E-state index in [1.165, 1.54) is 0 Å². The fourth-order valence-electron chi connectivity index (χ4n) is 4.58. The Kier molecular flexibility index (Phi) is 6.88. The Balaban J connectivity index is 1.47. The molecule has 1 saturated heterocycles. The SMILES string of the molecule is C[C@H]1COCCN1c1cc(C2(S(=O)(=O)CCCO)CC2)nc(-c2ccc(NC(=O)NC3CC3)cc2)n1. The number of nitrogens with one attached hydrogen (secondary N) is 2. The van der Waals surface area contributed by atoms with E-state index in [4.69, 9.17) is 14.7 Å². The van der Waals surface area contributed by atoms with E-state index in [0.717, 1.165) is 18.4 Å². The number of benzene rings is 1. The molecular formula is C25H33N5O5S. The number of carbonyl (C=O) groups excluding carboxylic acids is 1. The van der Waals surface area contributed by atoms with Crippen molar-refractivity contribution in [3.63, 3.8) is 0 Å². The van der Waals surface area contributed by atoms with Crippen LogP contribution >= 0.6 is 0 Å². The zero-order valence-electron chi connectivity index (χ0n) is 20.4. The first-order chi connectivity index (χ1) is 17.3. The van der Waals surface area contributed by atoms with Crippen molar-refractivity contribution in [3.05, 3.63) is 36.0 Å². The second-order valence-corrected chi connectivity index (χ2v) is 12.3. The summed E-state index contributed by atoms with van der Waals surface area (Å²) in [7, 11) is -3.50. The minimum Gasteiger partial charge on any atom is -0.396 e. The number of morpholine rings is 1. The summed E-state index contributed by atoms with van der Waals surface area (Å²) in [5, 5.41) is 14.9. The van der Waals surface area contributed by atoms with Gasteiger partial charge in [0.15, 0.2) is 15.7 Å². The van der Waals surface area contributed by atoms with Crippen molar-refractivity contribution in [1.29, 1.82) is 0 Å². The molecule has 3 aliphatic rings. The fourth-order valence-corrected chi connectivity index (χ4v) is 6.63. The Morgan fingerprint density at radius 1 is 1.22 bits per heavy atom. The van der Waals surface area contributed by atoms with Crippen molar-refractivity contribution in [2.24, 2.45) is 0 Å². The average Bonchev–Trinajstić information content (AvgIpc) is 3.79. The van der Waals surface area contributed by atoms with Gasteiger partial charge in [0, 0.05) is 36.5 Å². The smallest absolute Gasteiger partial charge is 0.319 e. The molecule has 3 fully saturated rings. The molecule has 2 aliphatic carbocycles. The van der Waals surface area contributed by atoms with Crippen LogP contribution in [0.25, 0.3) is 11.4 Å². The van der Waals surface area contributed by atoms with Gasteiger partial charge in [-0.05, 0) is 63.3 Å². The third kappa shape index (κ3) is 5.18. The summed E-state index contributed by atoms with van der Waals surface area (Å²) in [6.07, 6.45) is 3.25. The molecule has 11 heteroatoms. The second kappa shape index (κ2) is 9.95. The predicted molar refractivity (Wildman–Crippen MR) is 137 cm³/mol. The molecule has 1 aromatic heterocycles. The second-order valence-electron chi connectivity index (χ2n) is 9.89. The van der Waals surface area contributed by atoms with Crippen LogP contribution in [0, 0.1) is 0 Å². The Labute approximate surface area is 211 Å². The van der Waals surface area contributed by atoms with E-state index in [9.17, 15) is 18.3 Å². The standard InChI is InChI=1S/C25H33N5O5S/c1-17-16-35-13-11-30(17)22-15-21(25(9-10-25)36(33,34)14-2-12-31)28-23(29-22)18-3-5-19(6-4-18)26-24(32)27-20-7-8-20/h3-6,15,17,20,31H,2,7-14,16H2,1H3,(H2,26,27,32)/t17-/m0/s1. The number of aliphatic hydroxyl groups excluding tert-OH is 1. The lowest BCUT2D eigenvalue weighted by molar-refractivity contribution is 0.0985. The van der Waals surface area contributed by atoms with Crippen LogP contribution in [0.15, 0.2) is 30.3 Å². The number of amides is 2. The highest BCUT2D eigenvalue weighted by atomic mass is 32.2. The van der Waals surface area contributed by atoms with E-state index in [1.54, 1.807) is 12.1 Å². The summed E-state index contributed by atoms with van der Waals surface area (Å²) >= 11 is 0. The third-order valence-electron chi connectivity index (χ3n) is 7.03. The lowest BCUT2D eigenvalue weighted by atomic mass is 10.1. The lowest BCUT2D eigenvalue weighted by Crippen LogP contribution is -2.44. The van der Waals surface area contributed by atoms with Gasteiger partial charge in [-0.25, -0.2) is 23.2 Å². The Morgan fingerprint density at radius 3 is 2.61 bits per heavy atom. The van der Waals surface area contributed by atoms with E-state index in [2.05, 4.69) is 22.5 Å². The van der Waals surface area contributed by atoms with Crippen molar-refractivity contribution in [3.8, 4) is 11.4 Å². The van der Waals surface area contributed by atoms with E-state index in [0.29, 0.717) is 55.6 Å². The normalized spacial score (nSPS) is 21.2. The Morgan fingerprint density at radius 2 is 1.97 bits per heavy atom. The Bertz CT molecular complexity index is 1210. The number of aliphatic hydroxyl groups is 1. The van der Waals surface area contributed by atoms with E-state index in [-0.39, 0.29) is 36.9 Å². The number of carbonyl (C=O) groups is 1. The van der Waals surface area contributed by atoms with Gasteiger partial charge in [0.05, 0.1) is 30.7 Å². The quantitative estimate of drug-likeness (QED) is 0.464.